The summed E-state index contributed by atoms with van der Waals surface area (Å²) in [6.45, 7) is 1.74. The number of carbonyl (C=O) groups excluding carboxylic acids is 3. The highest BCUT2D eigenvalue weighted by Crippen LogP contribution is 2.08. The van der Waals surface area contributed by atoms with Crippen LogP contribution in [0.5, 0.6) is 0 Å². The Labute approximate surface area is 181 Å². The van der Waals surface area contributed by atoms with Crippen molar-refractivity contribution in [1.29, 1.82) is 0 Å². The van der Waals surface area contributed by atoms with E-state index in [0.29, 0.717) is 5.56 Å². The molecule has 2 aromatic rings. The molecule has 2 atom stereocenters. The number of aliphatic hydroxyl groups excluding tert-OH is 1. The summed E-state index contributed by atoms with van der Waals surface area (Å²) in [5, 5.41) is 14.8. The zero-order valence-corrected chi connectivity index (χ0v) is 18.0. The molecule has 0 spiro atoms. The molecule has 0 aliphatic carbocycles. The molecule has 0 saturated heterocycles. The fourth-order valence-electron chi connectivity index (χ4n) is 2.85. The number of rotatable bonds is 11. The first-order chi connectivity index (χ1) is 14.7. The van der Waals surface area contributed by atoms with Crippen molar-refractivity contribution in [3.8, 4) is 0 Å². The lowest BCUT2D eigenvalue weighted by Gasteiger charge is -2.18. The molecule has 2 rings (SSSR count). The fraction of sp³-hybridized carbons (Fsp3) is 0.318. The van der Waals surface area contributed by atoms with Gasteiger partial charge in [-0.15, -0.1) is 0 Å². The molecule has 9 heteroatoms. The molecule has 0 aromatic heterocycles. The first kappa shape index (κ1) is 24.2. The number of amides is 2. The van der Waals surface area contributed by atoms with Crippen LogP contribution in [-0.4, -0.2) is 49.0 Å². The van der Waals surface area contributed by atoms with Gasteiger partial charge in [0.1, 0.15) is 6.10 Å². The molecular formula is C22H26N2O6S. The fourth-order valence-corrected chi connectivity index (χ4v) is 4.30. The minimum absolute atomic E-state index is 0.104. The van der Waals surface area contributed by atoms with Crippen molar-refractivity contribution >= 4 is 27.4 Å². The molecule has 0 aliphatic rings. The highest BCUT2D eigenvalue weighted by atomic mass is 32.2. The number of ketones is 1. The number of hydrogen-bond donors (Lipinski definition) is 3. The Morgan fingerprint density at radius 2 is 1.48 bits per heavy atom. The van der Waals surface area contributed by atoms with Crippen LogP contribution in [0.4, 0.5) is 0 Å². The van der Waals surface area contributed by atoms with E-state index in [1.54, 1.807) is 61.5 Å². The predicted octanol–water partition coefficient (Wildman–Crippen LogP) is 0.743. The van der Waals surface area contributed by atoms with Crippen LogP contribution in [0.3, 0.4) is 0 Å². The van der Waals surface area contributed by atoms with Gasteiger partial charge in [-0.3, -0.25) is 14.4 Å². The molecule has 0 fully saturated rings. The molecule has 0 unspecified atom stereocenters. The topological polar surface area (TPSA) is 130 Å². The number of hydrogen-bond acceptors (Lipinski definition) is 6. The van der Waals surface area contributed by atoms with E-state index in [0.717, 1.165) is 5.56 Å². The number of Topliss-reactive ketones (excluding diaryl/α,β-unsaturated/α-hetero) is 1. The largest absolute Gasteiger partial charge is 0.382 e. The van der Waals surface area contributed by atoms with E-state index in [-0.39, 0.29) is 18.7 Å². The standard InChI is InChI=1S/C22H26N2O6S/c1-2-18(20(26)22(28)23-13-16-9-5-3-6-10-16)24-21(27)19(25)15-31(29,30)14-17-11-7-4-8-12-17/h3-12,18-19,25H,2,13-15H2,1H3,(H,23,28)(H,24,27)/t18-,19-/m0/s1. The molecule has 31 heavy (non-hydrogen) atoms. The molecule has 0 saturated carbocycles. The molecule has 3 N–H and O–H groups in total. The van der Waals surface area contributed by atoms with E-state index in [2.05, 4.69) is 10.6 Å². The van der Waals surface area contributed by atoms with Crippen molar-refractivity contribution in [2.45, 2.75) is 37.8 Å². The molecular weight excluding hydrogens is 420 g/mol. The highest BCUT2D eigenvalue weighted by molar-refractivity contribution is 7.90. The van der Waals surface area contributed by atoms with Crippen LogP contribution in [0.25, 0.3) is 0 Å². The summed E-state index contributed by atoms with van der Waals surface area (Å²) in [6.07, 6.45) is -1.75. The monoisotopic (exact) mass is 446 g/mol. The van der Waals surface area contributed by atoms with Crippen LogP contribution >= 0.6 is 0 Å². The summed E-state index contributed by atoms with van der Waals surface area (Å²) in [4.78, 5) is 36.7. The molecule has 0 bridgehead atoms. The maximum atomic E-state index is 12.4. The van der Waals surface area contributed by atoms with E-state index in [4.69, 9.17) is 0 Å². The zero-order chi connectivity index (χ0) is 22.9. The van der Waals surface area contributed by atoms with E-state index in [9.17, 15) is 27.9 Å². The smallest absolute Gasteiger partial charge is 0.289 e. The first-order valence-corrected chi connectivity index (χ1v) is 11.6. The predicted molar refractivity (Wildman–Crippen MR) is 115 cm³/mol. The Bertz CT molecular complexity index is 993. The van der Waals surface area contributed by atoms with Crippen molar-refractivity contribution in [2.24, 2.45) is 0 Å². The number of carbonyl (C=O) groups is 3. The lowest BCUT2D eigenvalue weighted by atomic mass is 10.1. The van der Waals surface area contributed by atoms with Gasteiger partial charge in [0.25, 0.3) is 11.8 Å². The van der Waals surface area contributed by atoms with Crippen molar-refractivity contribution < 1.29 is 27.9 Å². The maximum absolute atomic E-state index is 12.4. The van der Waals surface area contributed by atoms with Crippen molar-refractivity contribution in [2.75, 3.05) is 5.75 Å². The highest BCUT2D eigenvalue weighted by Gasteiger charge is 2.29. The van der Waals surface area contributed by atoms with Crippen LogP contribution in [0.15, 0.2) is 60.7 Å². The van der Waals surface area contributed by atoms with Gasteiger partial charge in [-0.25, -0.2) is 8.42 Å². The third-order valence-corrected chi connectivity index (χ3v) is 6.10. The van der Waals surface area contributed by atoms with Gasteiger partial charge in [0.15, 0.2) is 9.84 Å². The molecule has 0 heterocycles. The van der Waals surface area contributed by atoms with Crippen LogP contribution < -0.4 is 10.6 Å². The van der Waals surface area contributed by atoms with Gasteiger partial charge >= 0.3 is 0 Å². The SMILES string of the molecule is CC[C@H](NC(=O)[C@@H](O)CS(=O)(=O)Cc1ccccc1)C(=O)C(=O)NCc1ccccc1. The Hall–Kier alpha value is -3.04. The van der Waals surface area contributed by atoms with Gasteiger partial charge in [-0.1, -0.05) is 67.6 Å². The van der Waals surface area contributed by atoms with Gasteiger partial charge in [0, 0.05) is 6.54 Å². The first-order valence-electron chi connectivity index (χ1n) is 9.80. The lowest BCUT2D eigenvalue weighted by Crippen LogP contribution is -2.50. The lowest BCUT2D eigenvalue weighted by molar-refractivity contribution is -0.141. The van der Waals surface area contributed by atoms with Crippen LogP contribution in [-0.2, 0) is 36.5 Å². The van der Waals surface area contributed by atoms with Crippen molar-refractivity contribution in [3.63, 3.8) is 0 Å². The average molecular weight is 447 g/mol. The maximum Gasteiger partial charge on any atom is 0.289 e. The Kier molecular flexibility index (Phi) is 8.89. The average Bonchev–Trinajstić information content (AvgIpc) is 2.75. The van der Waals surface area contributed by atoms with Crippen LogP contribution in [0.2, 0.25) is 0 Å². The van der Waals surface area contributed by atoms with Crippen LogP contribution in [0, 0.1) is 0 Å². The Balaban J connectivity index is 1.90. The molecule has 0 radical (unpaired) electrons. The minimum Gasteiger partial charge on any atom is -0.382 e. The number of aliphatic hydroxyl groups is 1. The van der Waals surface area contributed by atoms with Crippen molar-refractivity contribution in [3.05, 3.63) is 71.8 Å². The Morgan fingerprint density at radius 3 is 2.03 bits per heavy atom. The third-order valence-electron chi connectivity index (χ3n) is 4.50. The van der Waals surface area contributed by atoms with Gasteiger partial charge in [-0.2, -0.15) is 0 Å². The quantitative estimate of drug-likeness (QED) is 0.437. The Morgan fingerprint density at radius 1 is 0.935 bits per heavy atom. The second-order valence-corrected chi connectivity index (χ2v) is 9.17. The normalized spacial score (nSPS) is 13.1. The van der Waals surface area contributed by atoms with Gasteiger partial charge in [-0.05, 0) is 17.5 Å². The minimum atomic E-state index is -3.77. The summed E-state index contributed by atoms with van der Waals surface area (Å²) in [5.41, 5.74) is 1.34. The summed E-state index contributed by atoms with van der Waals surface area (Å²) in [6, 6.07) is 16.2. The van der Waals surface area contributed by atoms with Crippen molar-refractivity contribution in [1.82, 2.24) is 10.6 Å². The molecule has 2 amide bonds. The van der Waals surface area contributed by atoms with Gasteiger partial charge < -0.3 is 15.7 Å². The molecule has 2 aromatic carbocycles. The second-order valence-electron chi connectivity index (χ2n) is 7.06. The van der Waals surface area contributed by atoms with E-state index < -0.39 is 45.3 Å². The second kappa shape index (κ2) is 11.4. The number of benzene rings is 2. The number of nitrogens with one attached hydrogen (secondary N) is 2. The molecule has 166 valence electrons. The van der Waals surface area contributed by atoms with E-state index in [1.807, 2.05) is 6.07 Å². The van der Waals surface area contributed by atoms with E-state index in [1.165, 1.54) is 0 Å². The van der Waals surface area contributed by atoms with E-state index >= 15 is 0 Å². The van der Waals surface area contributed by atoms with Gasteiger partial charge in [0.05, 0.1) is 17.5 Å². The number of sulfone groups is 1. The van der Waals surface area contributed by atoms with Gasteiger partial charge in [0.2, 0.25) is 5.78 Å². The molecule has 0 aliphatic heterocycles. The van der Waals surface area contributed by atoms with Crippen LogP contribution in [0.1, 0.15) is 24.5 Å². The summed E-state index contributed by atoms with van der Waals surface area (Å²) >= 11 is 0. The summed E-state index contributed by atoms with van der Waals surface area (Å²) in [7, 11) is -3.77. The summed E-state index contributed by atoms with van der Waals surface area (Å²) < 4.78 is 24.5. The molecule has 8 nitrogen and oxygen atoms in total. The summed E-state index contributed by atoms with van der Waals surface area (Å²) in [5.74, 6) is -3.88. The zero-order valence-electron chi connectivity index (χ0n) is 17.2. The third kappa shape index (κ3) is 7.95.